The molecule has 32 heavy (non-hydrogen) atoms. The molecular weight excluding hydrogens is 449 g/mol. The highest BCUT2D eigenvalue weighted by Gasteiger charge is 2.32. The first-order valence-corrected chi connectivity index (χ1v) is 10.7. The largest absolute Gasteiger partial charge is 0.465 e. The van der Waals surface area contributed by atoms with E-state index in [4.69, 9.17) is 32.9 Å². The van der Waals surface area contributed by atoms with Crippen LogP contribution in [0.1, 0.15) is 34.7 Å². The van der Waals surface area contributed by atoms with Gasteiger partial charge in [0.25, 0.3) is 0 Å². The molecule has 0 saturated heterocycles. The summed E-state index contributed by atoms with van der Waals surface area (Å²) in [5, 5.41) is 8.94. The fourth-order valence-electron chi connectivity index (χ4n) is 4.17. The Morgan fingerprint density at radius 2 is 1.94 bits per heavy atom. The summed E-state index contributed by atoms with van der Waals surface area (Å²) in [6.07, 6.45) is 1.75. The average Bonchev–Trinajstić information content (AvgIpc) is 3.38. The molecule has 0 aliphatic carbocycles. The third-order valence-corrected chi connectivity index (χ3v) is 6.45. The summed E-state index contributed by atoms with van der Waals surface area (Å²) in [4.78, 5) is 16.9. The lowest BCUT2D eigenvalue weighted by Gasteiger charge is -2.30. The van der Waals surface area contributed by atoms with E-state index in [2.05, 4.69) is 10.4 Å². The first-order chi connectivity index (χ1) is 15.4. The first kappa shape index (κ1) is 20.6. The number of aryl methyl sites for hydroxylation is 1. The van der Waals surface area contributed by atoms with Crippen molar-refractivity contribution in [3.63, 3.8) is 0 Å². The number of carbonyl (C=O) groups is 1. The van der Waals surface area contributed by atoms with Crippen LogP contribution in [-0.4, -0.2) is 32.4 Å². The van der Waals surface area contributed by atoms with Gasteiger partial charge >= 0.3 is 5.97 Å². The molecule has 5 rings (SSSR count). The monoisotopic (exact) mass is 467 g/mol. The molecule has 1 unspecified atom stereocenters. The predicted octanol–water partition coefficient (Wildman–Crippen LogP) is 5.31. The predicted molar refractivity (Wildman–Crippen MR) is 125 cm³/mol. The summed E-state index contributed by atoms with van der Waals surface area (Å²) >= 11 is 12.5. The smallest absolute Gasteiger partial charge is 0.337 e. The maximum atomic E-state index is 12.0. The number of hydrogen-bond acceptors (Lipinski definition) is 5. The summed E-state index contributed by atoms with van der Waals surface area (Å²) in [6.45, 7) is 2.01. The molecule has 1 aliphatic rings. The van der Waals surface area contributed by atoms with Gasteiger partial charge in [0.1, 0.15) is 17.7 Å². The minimum Gasteiger partial charge on any atom is -0.465 e. The van der Waals surface area contributed by atoms with Crippen LogP contribution >= 0.6 is 23.2 Å². The number of fused-ring (bicyclic) bond motifs is 2. The maximum Gasteiger partial charge on any atom is 0.337 e. The number of methoxy groups -OCH3 is 1. The quantitative estimate of drug-likeness (QED) is 0.413. The Morgan fingerprint density at radius 3 is 2.69 bits per heavy atom. The van der Waals surface area contributed by atoms with Crippen molar-refractivity contribution in [2.75, 3.05) is 12.4 Å². The third kappa shape index (κ3) is 3.16. The molecule has 162 valence electrons. The van der Waals surface area contributed by atoms with Gasteiger partial charge in [-0.05, 0) is 42.8 Å². The van der Waals surface area contributed by atoms with Crippen molar-refractivity contribution in [3.8, 4) is 0 Å². The van der Waals surface area contributed by atoms with Crippen LogP contribution in [0.2, 0.25) is 10.0 Å². The minimum absolute atomic E-state index is 0.272. The van der Waals surface area contributed by atoms with Crippen LogP contribution in [0.4, 0.5) is 5.82 Å². The lowest BCUT2D eigenvalue weighted by atomic mass is 9.95. The Morgan fingerprint density at radius 1 is 1.12 bits per heavy atom. The van der Waals surface area contributed by atoms with E-state index in [-0.39, 0.29) is 6.04 Å². The molecule has 0 amide bonds. The van der Waals surface area contributed by atoms with Crippen LogP contribution in [0.5, 0.6) is 0 Å². The molecule has 0 radical (unpaired) electrons. The van der Waals surface area contributed by atoms with Gasteiger partial charge in [0.05, 0.1) is 39.9 Å². The molecular formula is C23H19Cl2N5O2. The van der Waals surface area contributed by atoms with Crippen LogP contribution in [0, 0.1) is 0 Å². The second kappa shape index (κ2) is 7.69. The zero-order chi connectivity index (χ0) is 22.6. The highest BCUT2D eigenvalue weighted by molar-refractivity contribution is 6.42. The number of esters is 1. The molecule has 1 N–H and O–H groups in total. The molecule has 2 aromatic carbocycles. The Labute approximate surface area is 194 Å². The molecule has 0 fully saturated rings. The van der Waals surface area contributed by atoms with Crippen molar-refractivity contribution < 1.29 is 9.53 Å². The van der Waals surface area contributed by atoms with Gasteiger partial charge in [0, 0.05) is 24.4 Å². The van der Waals surface area contributed by atoms with Crippen molar-refractivity contribution in [2.24, 2.45) is 7.05 Å². The number of benzene rings is 2. The summed E-state index contributed by atoms with van der Waals surface area (Å²) in [5.74, 6) is 1.22. The number of allylic oxidation sites excluding steroid dienone is 2. The molecule has 1 atom stereocenters. The van der Waals surface area contributed by atoms with E-state index < -0.39 is 5.97 Å². The number of nitrogens with zero attached hydrogens (tertiary/aromatic N) is 4. The molecule has 9 heteroatoms. The minimum atomic E-state index is -0.399. The zero-order valence-corrected chi connectivity index (χ0v) is 19.1. The molecule has 0 saturated carbocycles. The molecule has 0 spiro atoms. The van der Waals surface area contributed by atoms with E-state index in [9.17, 15) is 4.79 Å². The number of ether oxygens (including phenoxy) is 1. The van der Waals surface area contributed by atoms with Crippen LogP contribution < -0.4 is 5.32 Å². The lowest BCUT2D eigenvalue weighted by molar-refractivity contribution is 0.0601. The molecule has 7 nitrogen and oxygen atoms in total. The number of carbonyl (C=O) groups excluding carboxylic acids is 1. The number of anilines is 1. The van der Waals surface area contributed by atoms with Crippen molar-refractivity contribution in [3.05, 3.63) is 81.4 Å². The van der Waals surface area contributed by atoms with Gasteiger partial charge in [-0.15, -0.1) is 0 Å². The molecule has 1 aliphatic heterocycles. The average molecular weight is 468 g/mol. The number of halogens is 2. The van der Waals surface area contributed by atoms with Gasteiger partial charge in [-0.3, -0.25) is 0 Å². The summed E-state index contributed by atoms with van der Waals surface area (Å²) in [7, 11) is 3.31. The Bertz CT molecular complexity index is 1420. The second-order valence-electron chi connectivity index (χ2n) is 7.59. The fraction of sp³-hybridized carbons (Fsp3) is 0.174. The Hall–Kier alpha value is -3.29. The molecule has 3 heterocycles. The summed E-state index contributed by atoms with van der Waals surface area (Å²) < 4.78 is 8.77. The number of rotatable bonds is 3. The third-order valence-electron chi connectivity index (χ3n) is 5.71. The van der Waals surface area contributed by atoms with Crippen molar-refractivity contribution in [2.45, 2.75) is 13.0 Å². The van der Waals surface area contributed by atoms with Crippen LogP contribution in [0.25, 0.3) is 16.6 Å². The zero-order valence-electron chi connectivity index (χ0n) is 17.6. The molecule has 4 aromatic rings. The highest BCUT2D eigenvalue weighted by atomic mass is 35.5. The van der Waals surface area contributed by atoms with E-state index in [1.165, 1.54) is 7.11 Å². The second-order valence-corrected chi connectivity index (χ2v) is 8.40. The SMILES string of the molecule is COC(=O)c1ccc2c(c1)nc(C1=C(C)Nc3ccnn3C1c1ccc(Cl)c(Cl)c1)n2C. The van der Waals surface area contributed by atoms with Crippen molar-refractivity contribution >= 4 is 51.6 Å². The van der Waals surface area contributed by atoms with Crippen LogP contribution in [0.3, 0.4) is 0 Å². The van der Waals surface area contributed by atoms with E-state index in [0.29, 0.717) is 21.1 Å². The molecule has 2 aromatic heterocycles. The van der Waals surface area contributed by atoms with Crippen molar-refractivity contribution in [1.82, 2.24) is 19.3 Å². The lowest BCUT2D eigenvalue weighted by Crippen LogP contribution is -2.25. The summed E-state index contributed by atoms with van der Waals surface area (Å²) in [5.41, 5.74) is 4.87. The van der Waals surface area contributed by atoms with Crippen molar-refractivity contribution in [1.29, 1.82) is 0 Å². The number of imidazole rings is 1. The van der Waals surface area contributed by atoms with Crippen LogP contribution in [-0.2, 0) is 11.8 Å². The van der Waals surface area contributed by atoms with Gasteiger partial charge < -0.3 is 14.6 Å². The maximum absolute atomic E-state index is 12.0. The Balaban J connectivity index is 1.72. The van der Waals surface area contributed by atoms with Gasteiger partial charge in [0.2, 0.25) is 0 Å². The van der Waals surface area contributed by atoms with E-state index >= 15 is 0 Å². The standard InChI is InChI=1S/C23H19Cl2N5O2/c1-12-20(22-28-17-11-14(23(31)32-3)5-7-18(17)29(22)2)21(30-19(27-12)8-9-26-30)13-4-6-15(24)16(25)10-13/h4-11,21,27H,1-3H3. The molecule has 0 bridgehead atoms. The highest BCUT2D eigenvalue weighted by Crippen LogP contribution is 2.42. The number of hydrogen-bond donors (Lipinski definition) is 1. The van der Waals surface area contributed by atoms with E-state index in [1.54, 1.807) is 24.4 Å². The normalized spacial score (nSPS) is 15.6. The first-order valence-electron chi connectivity index (χ1n) is 9.90. The van der Waals surface area contributed by atoms with E-state index in [0.717, 1.165) is 34.0 Å². The number of aromatic nitrogens is 4. The van der Waals surface area contributed by atoms with Gasteiger partial charge in [-0.25, -0.2) is 14.5 Å². The fourth-order valence-corrected chi connectivity index (χ4v) is 4.48. The summed E-state index contributed by atoms with van der Waals surface area (Å²) in [6, 6.07) is 12.6. The topological polar surface area (TPSA) is 74.0 Å². The Kier molecular flexibility index (Phi) is 4.95. The van der Waals surface area contributed by atoms with Gasteiger partial charge in [-0.1, -0.05) is 29.3 Å². The number of nitrogens with one attached hydrogen (secondary N) is 1. The van der Waals surface area contributed by atoms with Crippen LogP contribution in [0.15, 0.2) is 54.4 Å². The van der Waals surface area contributed by atoms with Gasteiger partial charge in [0.15, 0.2) is 0 Å². The van der Waals surface area contributed by atoms with E-state index in [1.807, 2.05) is 47.5 Å². The van der Waals surface area contributed by atoms with Gasteiger partial charge in [-0.2, -0.15) is 5.10 Å².